The van der Waals surface area contributed by atoms with Crippen LogP contribution in [0.4, 0.5) is 5.69 Å². The van der Waals surface area contributed by atoms with E-state index in [2.05, 4.69) is 37.0 Å². The Morgan fingerprint density at radius 1 is 1.13 bits per heavy atom. The van der Waals surface area contributed by atoms with Crippen LogP contribution in [0, 0.1) is 10.1 Å². The van der Waals surface area contributed by atoms with Crippen LogP contribution in [0.1, 0.15) is 43.1 Å². The van der Waals surface area contributed by atoms with E-state index in [-0.39, 0.29) is 29.5 Å². The molecule has 38 heavy (non-hydrogen) atoms. The van der Waals surface area contributed by atoms with Crippen LogP contribution in [0.2, 0.25) is 10.0 Å². The third-order valence-corrected chi connectivity index (χ3v) is 7.52. The van der Waals surface area contributed by atoms with Crippen molar-refractivity contribution in [3.63, 3.8) is 0 Å². The normalized spacial score (nSPS) is 12.3. The van der Waals surface area contributed by atoms with Crippen LogP contribution in [-0.2, 0) is 6.61 Å². The number of aromatic nitrogens is 2. The summed E-state index contributed by atoms with van der Waals surface area (Å²) in [4.78, 5) is 29.5. The van der Waals surface area contributed by atoms with Crippen molar-refractivity contribution >= 4 is 77.9 Å². The highest BCUT2D eigenvalue weighted by molar-refractivity contribution is 9.10. The van der Waals surface area contributed by atoms with E-state index in [0.717, 1.165) is 10.9 Å². The summed E-state index contributed by atoms with van der Waals surface area (Å²) in [5, 5.41) is 17.4. The van der Waals surface area contributed by atoms with Crippen LogP contribution < -0.4 is 10.3 Å². The van der Waals surface area contributed by atoms with Crippen molar-refractivity contribution in [3.8, 4) is 5.75 Å². The lowest BCUT2D eigenvalue weighted by Crippen LogP contribution is -2.23. The molecule has 4 aromatic rings. The fraction of sp³-hybridized carbons (Fsp3) is 0.192. The summed E-state index contributed by atoms with van der Waals surface area (Å²) < 4.78 is 8.32. The number of fused-ring (bicyclic) bond motifs is 1. The summed E-state index contributed by atoms with van der Waals surface area (Å²) in [7, 11) is 0. The van der Waals surface area contributed by atoms with Crippen LogP contribution in [0.25, 0.3) is 10.9 Å². The van der Waals surface area contributed by atoms with E-state index in [1.165, 1.54) is 17.0 Å². The number of nitrogens with zero attached hydrogens (tertiary/aromatic N) is 4. The molecule has 8 nitrogen and oxygen atoms in total. The van der Waals surface area contributed by atoms with Gasteiger partial charge in [-0.15, -0.1) is 0 Å². The summed E-state index contributed by atoms with van der Waals surface area (Å²) in [5.41, 5.74) is 0.895. The van der Waals surface area contributed by atoms with E-state index in [4.69, 9.17) is 32.9 Å². The molecule has 0 amide bonds. The SMILES string of the molecule is CC[C@@H](C)c1nc2ccc(Br)cc2c(=O)n1N=Cc1cc(Br)cc([N+](=O)[O-])c1OCc1ccc(Cl)c(Cl)c1. The van der Waals surface area contributed by atoms with Gasteiger partial charge in [-0.05, 0) is 48.4 Å². The molecule has 0 N–H and O–H groups in total. The second kappa shape index (κ2) is 11.9. The first-order chi connectivity index (χ1) is 18.1. The first-order valence-electron chi connectivity index (χ1n) is 11.4. The summed E-state index contributed by atoms with van der Waals surface area (Å²) in [5.74, 6) is 0.393. The van der Waals surface area contributed by atoms with Crippen LogP contribution in [0.15, 0.2) is 67.4 Å². The van der Waals surface area contributed by atoms with E-state index < -0.39 is 4.92 Å². The zero-order valence-corrected chi connectivity index (χ0v) is 24.8. The third kappa shape index (κ3) is 6.09. The van der Waals surface area contributed by atoms with Crippen LogP contribution >= 0.6 is 55.1 Å². The number of halogens is 4. The highest BCUT2D eigenvalue weighted by atomic mass is 79.9. The molecule has 4 rings (SSSR count). The minimum Gasteiger partial charge on any atom is -0.481 e. The molecule has 1 aromatic heterocycles. The maximum Gasteiger partial charge on any atom is 0.312 e. The van der Waals surface area contributed by atoms with Crippen molar-refractivity contribution in [2.45, 2.75) is 32.8 Å². The predicted octanol–water partition coefficient (Wildman–Crippen LogP) is 8.11. The van der Waals surface area contributed by atoms with Gasteiger partial charge in [-0.2, -0.15) is 9.78 Å². The van der Waals surface area contributed by atoms with Gasteiger partial charge < -0.3 is 4.74 Å². The third-order valence-electron chi connectivity index (χ3n) is 5.83. The molecule has 0 aliphatic rings. The maximum atomic E-state index is 13.5. The zero-order chi connectivity index (χ0) is 27.6. The van der Waals surface area contributed by atoms with Gasteiger partial charge in [-0.1, -0.05) is 75.0 Å². The van der Waals surface area contributed by atoms with Crippen molar-refractivity contribution in [2.24, 2.45) is 5.10 Å². The Kier molecular flexibility index (Phi) is 8.87. The topological polar surface area (TPSA) is 99.6 Å². The van der Waals surface area contributed by atoms with Gasteiger partial charge in [0.05, 0.1) is 32.1 Å². The fourth-order valence-corrected chi connectivity index (χ4v) is 4.82. The average Bonchev–Trinajstić information content (AvgIpc) is 2.88. The molecule has 0 spiro atoms. The Morgan fingerprint density at radius 2 is 1.89 bits per heavy atom. The predicted molar refractivity (Wildman–Crippen MR) is 157 cm³/mol. The lowest BCUT2D eigenvalue weighted by atomic mass is 10.1. The van der Waals surface area contributed by atoms with Crippen molar-refractivity contribution < 1.29 is 9.66 Å². The summed E-state index contributed by atoms with van der Waals surface area (Å²) >= 11 is 18.8. The van der Waals surface area contributed by atoms with Crippen LogP contribution in [0.5, 0.6) is 5.75 Å². The Hall–Kier alpha value is -2.79. The van der Waals surface area contributed by atoms with E-state index in [0.29, 0.717) is 42.4 Å². The van der Waals surface area contributed by atoms with Crippen molar-refractivity contribution in [1.29, 1.82) is 0 Å². The number of hydrogen-bond acceptors (Lipinski definition) is 6. The lowest BCUT2D eigenvalue weighted by molar-refractivity contribution is -0.386. The number of benzene rings is 3. The molecular formula is C26H20Br2Cl2N4O4. The van der Waals surface area contributed by atoms with Gasteiger partial charge in [0, 0.05) is 26.5 Å². The molecule has 196 valence electrons. The van der Waals surface area contributed by atoms with Crippen LogP contribution in [0.3, 0.4) is 0 Å². The second-order valence-electron chi connectivity index (χ2n) is 8.44. The smallest absolute Gasteiger partial charge is 0.312 e. The average molecular weight is 683 g/mol. The Balaban J connectivity index is 1.83. The summed E-state index contributed by atoms with van der Waals surface area (Å²) in [6.45, 7) is 3.93. The molecule has 0 fully saturated rings. The number of nitro groups is 1. The molecule has 0 saturated heterocycles. The second-order valence-corrected chi connectivity index (χ2v) is 11.1. The minimum absolute atomic E-state index is 0.0101. The van der Waals surface area contributed by atoms with E-state index in [1.54, 1.807) is 36.4 Å². The first-order valence-corrected chi connectivity index (χ1v) is 13.7. The molecule has 0 aliphatic heterocycles. The summed E-state index contributed by atoms with van der Waals surface area (Å²) in [6, 6.07) is 13.2. The highest BCUT2D eigenvalue weighted by Crippen LogP contribution is 2.35. The molecule has 0 bridgehead atoms. The van der Waals surface area contributed by atoms with E-state index in [1.807, 2.05) is 19.9 Å². The molecule has 3 aromatic carbocycles. The molecule has 0 saturated carbocycles. The molecule has 0 unspecified atom stereocenters. The van der Waals surface area contributed by atoms with Crippen LogP contribution in [-0.4, -0.2) is 20.8 Å². The molecule has 1 atom stereocenters. The monoisotopic (exact) mass is 680 g/mol. The first kappa shape index (κ1) is 28.2. The largest absolute Gasteiger partial charge is 0.481 e. The maximum absolute atomic E-state index is 13.5. The molecule has 12 heteroatoms. The number of ether oxygens (including phenoxy) is 1. The van der Waals surface area contributed by atoms with Crippen molar-refractivity contribution in [1.82, 2.24) is 9.66 Å². The number of rotatable bonds is 8. The Bertz CT molecular complexity index is 1640. The summed E-state index contributed by atoms with van der Waals surface area (Å²) in [6.07, 6.45) is 2.09. The minimum atomic E-state index is -0.544. The molecular weight excluding hydrogens is 663 g/mol. The zero-order valence-electron chi connectivity index (χ0n) is 20.1. The van der Waals surface area contributed by atoms with Crippen molar-refractivity contribution in [2.75, 3.05) is 0 Å². The lowest BCUT2D eigenvalue weighted by Gasteiger charge is -2.14. The van der Waals surface area contributed by atoms with Gasteiger partial charge >= 0.3 is 5.69 Å². The van der Waals surface area contributed by atoms with Gasteiger partial charge in [0.2, 0.25) is 5.75 Å². The molecule has 0 aliphatic carbocycles. The van der Waals surface area contributed by atoms with Gasteiger partial charge in [0.1, 0.15) is 12.4 Å². The number of nitro benzene ring substituents is 1. The molecule has 1 heterocycles. The number of hydrogen-bond donors (Lipinski definition) is 0. The standard InChI is InChI=1S/C26H20Br2Cl2N4O4/c1-3-14(2)25-32-22-7-5-17(27)10-19(22)26(35)33(25)31-12-16-9-18(28)11-23(34(36)37)24(16)38-13-15-4-6-20(29)21(30)8-15/h4-12,14H,3,13H2,1-2H3/t14-/m1/s1. The quantitative estimate of drug-likeness (QED) is 0.106. The van der Waals surface area contributed by atoms with Gasteiger partial charge in [0.15, 0.2) is 0 Å². The van der Waals surface area contributed by atoms with Gasteiger partial charge in [-0.25, -0.2) is 4.98 Å². The fourth-order valence-electron chi connectivity index (χ4n) is 3.67. The van der Waals surface area contributed by atoms with E-state index in [9.17, 15) is 14.9 Å². The Morgan fingerprint density at radius 3 is 2.58 bits per heavy atom. The van der Waals surface area contributed by atoms with Crippen molar-refractivity contribution in [3.05, 3.63) is 105 Å². The Labute approximate surface area is 244 Å². The highest BCUT2D eigenvalue weighted by Gasteiger charge is 2.22. The van der Waals surface area contributed by atoms with Gasteiger partial charge in [0.25, 0.3) is 5.56 Å². The van der Waals surface area contributed by atoms with E-state index >= 15 is 0 Å². The van der Waals surface area contributed by atoms with Gasteiger partial charge in [-0.3, -0.25) is 14.9 Å². The molecule has 0 radical (unpaired) electrons.